The topological polar surface area (TPSA) is 122 Å². The second kappa shape index (κ2) is 10.5. The van der Waals surface area contributed by atoms with Gasteiger partial charge in [-0.05, 0) is 20.3 Å². The predicted molar refractivity (Wildman–Crippen MR) is 78.9 cm³/mol. The zero-order chi connectivity index (χ0) is 17.4. The molecular weight excluding hydrogens is 310 g/mol. The first kappa shape index (κ1) is 20.7. The molecular formula is C14H29NO8. The van der Waals surface area contributed by atoms with Gasteiger partial charge in [-0.25, -0.2) is 10.8 Å². The highest BCUT2D eigenvalue weighted by atomic mass is 17.1. The lowest BCUT2D eigenvalue weighted by Crippen LogP contribution is -2.53. The van der Waals surface area contributed by atoms with E-state index < -0.39 is 12.4 Å². The molecule has 0 aromatic heterocycles. The van der Waals surface area contributed by atoms with Crippen LogP contribution in [0, 0.1) is 0 Å². The second-order valence-electron chi connectivity index (χ2n) is 5.59. The zero-order valence-corrected chi connectivity index (χ0v) is 14.1. The molecule has 2 heterocycles. The van der Waals surface area contributed by atoms with Gasteiger partial charge in [-0.2, -0.15) is 0 Å². The van der Waals surface area contributed by atoms with Gasteiger partial charge >= 0.3 is 0 Å². The molecule has 0 radical (unpaired) electrons. The summed E-state index contributed by atoms with van der Waals surface area (Å²) in [7, 11) is 3.26. The van der Waals surface area contributed by atoms with E-state index in [2.05, 4.69) is 10.8 Å². The SMILES string of the molecule is COC1C[C@H](O[C@H]2C(C)OCCC2OC)OC(C)C1OO.NO. The molecule has 4 N–H and O–H groups in total. The van der Waals surface area contributed by atoms with Gasteiger partial charge in [0.25, 0.3) is 0 Å². The molecule has 0 aromatic rings. The van der Waals surface area contributed by atoms with Crippen molar-refractivity contribution in [3.05, 3.63) is 0 Å². The molecule has 0 bridgehead atoms. The van der Waals surface area contributed by atoms with Crippen LogP contribution in [0.5, 0.6) is 0 Å². The minimum Gasteiger partial charge on any atom is -0.379 e. The fourth-order valence-corrected chi connectivity index (χ4v) is 3.03. The van der Waals surface area contributed by atoms with Gasteiger partial charge in [-0.15, -0.1) is 0 Å². The van der Waals surface area contributed by atoms with Crippen LogP contribution in [0.15, 0.2) is 0 Å². The van der Waals surface area contributed by atoms with Crippen LogP contribution in [0.3, 0.4) is 0 Å². The van der Waals surface area contributed by atoms with E-state index in [4.69, 9.17) is 34.1 Å². The standard InChI is InChI=1S/C14H26O7.H3NO/c1-8-13(10(16-3)5-6-18-8)20-12-7-11(17-4)14(21-15)9(2)19-12;1-2/h8-15H,5-7H2,1-4H3;2H,1H2/t8?,9?,10?,11?,12-,13-,14?;/m0./s1. The highest BCUT2D eigenvalue weighted by Gasteiger charge is 2.42. The van der Waals surface area contributed by atoms with Crippen molar-refractivity contribution in [1.82, 2.24) is 0 Å². The van der Waals surface area contributed by atoms with E-state index in [1.807, 2.05) is 13.8 Å². The van der Waals surface area contributed by atoms with Crippen molar-refractivity contribution in [3.8, 4) is 0 Å². The lowest BCUT2D eigenvalue weighted by atomic mass is 10.0. The fraction of sp³-hybridized carbons (Fsp3) is 1.00. The molecule has 138 valence electrons. The smallest absolute Gasteiger partial charge is 0.161 e. The molecule has 0 amide bonds. The third-order valence-electron chi connectivity index (χ3n) is 4.27. The molecule has 23 heavy (non-hydrogen) atoms. The Hall–Kier alpha value is -0.360. The van der Waals surface area contributed by atoms with Gasteiger partial charge in [0.1, 0.15) is 12.2 Å². The summed E-state index contributed by atoms with van der Waals surface area (Å²) in [5, 5.41) is 15.5. The van der Waals surface area contributed by atoms with Crippen LogP contribution in [0.4, 0.5) is 0 Å². The maximum Gasteiger partial charge on any atom is 0.161 e. The summed E-state index contributed by atoms with van der Waals surface area (Å²) in [5.74, 6) is 3.50. The summed E-state index contributed by atoms with van der Waals surface area (Å²) >= 11 is 0. The van der Waals surface area contributed by atoms with Crippen molar-refractivity contribution in [2.45, 2.75) is 69.6 Å². The molecule has 2 fully saturated rings. The number of hydrogen-bond donors (Lipinski definition) is 3. The van der Waals surface area contributed by atoms with Crippen molar-refractivity contribution in [1.29, 1.82) is 0 Å². The summed E-state index contributed by atoms with van der Waals surface area (Å²) in [4.78, 5) is 4.45. The minimum atomic E-state index is -0.520. The molecule has 0 saturated carbocycles. The van der Waals surface area contributed by atoms with Gasteiger partial charge in [-0.3, -0.25) is 5.26 Å². The van der Waals surface area contributed by atoms with Crippen LogP contribution in [0.25, 0.3) is 0 Å². The Bertz CT molecular complexity index is 321. The maximum atomic E-state index is 8.95. The maximum absolute atomic E-state index is 8.95. The van der Waals surface area contributed by atoms with E-state index in [0.29, 0.717) is 13.0 Å². The van der Waals surface area contributed by atoms with E-state index >= 15 is 0 Å². The minimum absolute atomic E-state index is 0.0135. The van der Waals surface area contributed by atoms with E-state index in [0.717, 1.165) is 6.42 Å². The van der Waals surface area contributed by atoms with Crippen molar-refractivity contribution >= 4 is 0 Å². The largest absolute Gasteiger partial charge is 0.379 e. The average molecular weight is 339 g/mol. The molecule has 2 aliphatic rings. The first-order valence-electron chi connectivity index (χ1n) is 7.64. The number of hydrogen-bond acceptors (Lipinski definition) is 9. The monoisotopic (exact) mass is 339 g/mol. The number of ether oxygens (including phenoxy) is 5. The van der Waals surface area contributed by atoms with Gasteiger partial charge in [0, 0.05) is 27.2 Å². The highest BCUT2D eigenvalue weighted by Crippen LogP contribution is 2.29. The van der Waals surface area contributed by atoms with E-state index in [-0.39, 0.29) is 30.5 Å². The van der Waals surface area contributed by atoms with Crippen LogP contribution in [-0.4, -0.2) is 74.2 Å². The van der Waals surface area contributed by atoms with Crippen molar-refractivity contribution in [3.63, 3.8) is 0 Å². The van der Waals surface area contributed by atoms with Crippen molar-refractivity contribution in [2.75, 3.05) is 20.8 Å². The van der Waals surface area contributed by atoms with E-state index in [9.17, 15) is 0 Å². The first-order chi connectivity index (χ1) is 11.1. The Morgan fingerprint density at radius 3 is 2.22 bits per heavy atom. The molecule has 0 spiro atoms. The summed E-state index contributed by atoms with van der Waals surface area (Å²) in [5.41, 5.74) is 0. The molecule has 0 aromatic carbocycles. The van der Waals surface area contributed by atoms with E-state index in [1.165, 1.54) is 0 Å². The van der Waals surface area contributed by atoms with Crippen LogP contribution >= 0.6 is 0 Å². The van der Waals surface area contributed by atoms with Crippen LogP contribution in [-0.2, 0) is 28.6 Å². The van der Waals surface area contributed by atoms with Gasteiger partial charge in [0.05, 0.1) is 24.4 Å². The summed E-state index contributed by atoms with van der Waals surface area (Å²) in [6.45, 7) is 4.45. The molecule has 2 rings (SSSR count). The Labute approximate surface area is 136 Å². The van der Waals surface area contributed by atoms with Gasteiger partial charge in [-0.1, -0.05) is 0 Å². The van der Waals surface area contributed by atoms with Crippen LogP contribution < -0.4 is 5.90 Å². The third kappa shape index (κ3) is 5.31. The third-order valence-corrected chi connectivity index (χ3v) is 4.27. The summed E-state index contributed by atoms with van der Waals surface area (Å²) in [6.07, 6.45) is -0.573. The lowest BCUT2D eigenvalue weighted by molar-refractivity contribution is -0.361. The highest BCUT2D eigenvalue weighted by molar-refractivity contribution is 4.85. The Morgan fingerprint density at radius 2 is 1.65 bits per heavy atom. The molecule has 9 heteroatoms. The Kier molecular flexibility index (Phi) is 9.44. The quantitative estimate of drug-likeness (QED) is 0.486. The summed E-state index contributed by atoms with van der Waals surface area (Å²) < 4.78 is 28.3. The van der Waals surface area contributed by atoms with Crippen LogP contribution in [0.2, 0.25) is 0 Å². The number of methoxy groups -OCH3 is 2. The van der Waals surface area contributed by atoms with Gasteiger partial charge < -0.3 is 28.9 Å². The Morgan fingerprint density at radius 1 is 1.00 bits per heavy atom. The number of nitrogens with two attached hydrogens (primary N) is 1. The molecule has 9 nitrogen and oxygen atoms in total. The van der Waals surface area contributed by atoms with Crippen molar-refractivity contribution < 1.29 is 39.0 Å². The fourth-order valence-electron chi connectivity index (χ4n) is 3.03. The average Bonchev–Trinajstić information content (AvgIpc) is 2.58. The van der Waals surface area contributed by atoms with E-state index in [1.54, 1.807) is 14.2 Å². The molecule has 2 aliphatic heterocycles. The predicted octanol–water partition coefficient (Wildman–Crippen LogP) is 0.538. The molecule has 0 aliphatic carbocycles. The zero-order valence-electron chi connectivity index (χ0n) is 14.1. The second-order valence-corrected chi connectivity index (χ2v) is 5.59. The van der Waals surface area contributed by atoms with Crippen molar-refractivity contribution in [2.24, 2.45) is 5.90 Å². The normalized spacial score (nSPS) is 41.1. The summed E-state index contributed by atoms with van der Waals surface area (Å²) in [6, 6.07) is 0. The molecule has 7 atom stereocenters. The van der Waals surface area contributed by atoms with Gasteiger partial charge in [0.15, 0.2) is 6.29 Å². The lowest BCUT2D eigenvalue weighted by Gasteiger charge is -2.42. The molecule has 5 unspecified atom stereocenters. The molecule has 2 saturated heterocycles. The number of rotatable bonds is 5. The van der Waals surface area contributed by atoms with Gasteiger partial charge in [0.2, 0.25) is 0 Å². The first-order valence-corrected chi connectivity index (χ1v) is 7.64. The Balaban J connectivity index is 0.00000127. The van der Waals surface area contributed by atoms with Crippen LogP contribution in [0.1, 0.15) is 26.7 Å².